The molecule has 4 heteroatoms. The van der Waals surface area contributed by atoms with Gasteiger partial charge in [-0.2, -0.15) is 0 Å². The molecule has 3 rings (SSSR count). The van der Waals surface area contributed by atoms with Crippen molar-refractivity contribution < 1.29 is 9.13 Å². The van der Waals surface area contributed by atoms with Gasteiger partial charge in [-0.3, -0.25) is 0 Å². The van der Waals surface area contributed by atoms with Crippen molar-refractivity contribution in [3.8, 4) is 5.88 Å². The van der Waals surface area contributed by atoms with E-state index in [4.69, 9.17) is 4.74 Å². The molecule has 2 aromatic heterocycles. The second-order valence-corrected chi connectivity index (χ2v) is 4.83. The van der Waals surface area contributed by atoms with Crippen LogP contribution < -0.4 is 4.74 Å². The van der Waals surface area contributed by atoms with Crippen molar-refractivity contribution in [1.29, 1.82) is 0 Å². The summed E-state index contributed by atoms with van der Waals surface area (Å²) in [5.74, 6) is 0.326. The quantitative estimate of drug-likeness (QED) is 0.783. The zero-order valence-electron chi connectivity index (χ0n) is 11.4. The van der Waals surface area contributed by atoms with Gasteiger partial charge in [-0.25, -0.2) is 9.37 Å². The molecule has 0 atom stereocenters. The number of aromatic amines is 1. The van der Waals surface area contributed by atoms with Crippen LogP contribution in [0.1, 0.15) is 16.8 Å². The number of ether oxygens (including phenoxy) is 1. The maximum absolute atomic E-state index is 12.8. The van der Waals surface area contributed by atoms with Crippen molar-refractivity contribution in [3.05, 3.63) is 59.2 Å². The van der Waals surface area contributed by atoms with Crippen LogP contribution >= 0.6 is 0 Å². The van der Waals surface area contributed by atoms with Crippen LogP contribution in [0.3, 0.4) is 0 Å². The Kier molecular flexibility index (Phi) is 3.14. The first-order valence-electron chi connectivity index (χ1n) is 6.46. The number of pyridine rings is 1. The summed E-state index contributed by atoms with van der Waals surface area (Å²) in [7, 11) is 0. The van der Waals surface area contributed by atoms with Gasteiger partial charge in [0.05, 0.1) is 0 Å². The molecule has 0 aliphatic heterocycles. The largest absolute Gasteiger partial charge is 0.471 e. The molecular formula is C16H15FN2O. The van der Waals surface area contributed by atoms with E-state index in [2.05, 4.69) is 16.9 Å². The van der Waals surface area contributed by atoms with E-state index in [-0.39, 0.29) is 5.82 Å². The standard InChI is InChI=1S/C16H15FN2O/c1-10-11(2)19-15-14(10)7-8-18-16(15)20-9-12-3-5-13(17)6-4-12/h3-8,19H,9H2,1-2H3. The first-order valence-corrected chi connectivity index (χ1v) is 6.46. The summed E-state index contributed by atoms with van der Waals surface area (Å²) in [6, 6.07) is 8.24. The lowest BCUT2D eigenvalue weighted by atomic mass is 10.2. The van der Waals surface area contributed by atoms with Crippen LogP contribution in [0.25, 0.3) is 10.9 Å². The van der Waals surface area contributed by atoms with Gasteiger partial charge in [0.15, 0.2) is 0 Å². The molecule has 20 heavy (non-hydrogen) atoms. The summed E-state index contributed by atoms with van der Waals surface area (Å²) in [5.41, 5.74) is 4.13. The SMILES string of the molecule is Cc1[nH]c2c(OCc3ccc(F)cc3)nccc2c1C. The van der Waals surface area contributed by atoms with Crippen molar-refractivity contribution in [2.75, 3.05) is 0 Å². The number of hydrogen-bond acceptors (Lipinski definition) is 2. The maximum Gasteiger partial charge on any atom is 0.238 e. The van der Waals surface area contributed by atoms with Gasteiger partial charge in [-0.05, 0) is 43.2 Å². The Morgan fingerprint density at radius 1 is 1.15 bits per heavy atom. The summed E-state index contributed by atoms with van der Waals surface area (Å²) in [4.78, 5) is 7.56. The molecule has 0 radical (unpaired) electrons. The van der Waals surface area contributed by atoms with Crippen molar-refractivity contribution in [2.24, 2.45) is 0 Å². The normalized spacial score (nSPS) is 10.9. The molecule has 0 amide bonds. The van der Waals surface area contributed by atoms with E-state index in [1.54, 1.807) is 18.3 Å². The first-order chi connectivity index (χ1) is 9.65. The smallest absolute Gasteiger partial charge is 0.238 e. The Balaban J connectivity index is 1.87. The first kappa shape index (κ1) is 12.7. The molecule has 0 spiro atoms. The van der Waals surface area contributed by atoms with Gasteiger partial charge in [0, 0.05) is 17.3 Å². The van der Waals surface area contributed by atoms with Gasteiger partial charge >= 0.3 is 0 Å². The zero-order chi connectivity index (χ0) is 14.1. The maximum atomic E-state index is 12.8. The van der Waals surface area contributed by atoms with Gasteiger partial charge < -0.3 is 9.72 Å². The number of benzene rings is 1. The van der Waals surface area contributed by atoms with Crippen LogP contribution in [0.5, 0.6) is 5.88 Å². The van der Waals surface area contributed by atoms with Gasteiger partial charge in [0.1, 0.15) is 17.9 Å². The number of aryl methyl sites for hydroxylation is 2. The van der Waals surface area contributed by atoms with Crippen molar-refractivity contribution in [2.45, 2.75) is 20.5 Å². The van der Waals surface area contributed by atoms with Crippen LogP contribution in [0.4, 0.5) is 4.39 Å². The van der Waals surface area contributed by atoms with Gasteiger partial charge in [0.2, 0.25) is 5.88 Å². The monoisotopic (exact) mass is 270 g/mol. The molecule has 0 bridgehead atoms. The second-order valence-electron chi connectivity index (χ2n) is 4.83. The Labute approximate surface area is 116 Å². The topological polar surface area (TPSA) is 37.9 Å². The van der Waals surface area contributed by atoms with Gasteiger partial charge in [-0.15, -0.1) is 0 Å². The highest BCUT2D eigenvalue weighted by atomic mass is 19.1. The van der Waals surface area contributed by atoms with E-state index >= 15 is 0 Å². The minimum absolute atomic E-state index is 0.246. The van der Waals surface area contributed by atoms with Crippen LogP contribution in [0, 0.1) is 19.7 Å². The fourth-order valence-electron chi connectivity index (χ4n) is 2.20. The highest BCUT2D eigenvalue weighted by Gasteiger charge is 2.10. The molecule has 3 nitrogen and oxygen atoms in total. The number of aromatic nitrogens is 2. The molecule has 1 aromatic carbocycles. The average molecular weight is 270 g/mol. The summed E-state index contributed by atoms with van der Waals surface area (Å²) in [6.07, 6.45) is 1.74. The van der Waals surface area contributed by atoms with E-state index < -0.39 is 0 Å². The minimum Gasteiger partial charge on any atom is -0.471 e. The van der Waals surface area contributed by atoms with Crippen molar-refractivity contribution in [3.63, 3.8) is 0 Å². The van der Waals surface area contributed by atoms with Crippen LogP contribution in [0.15, 0.2) is 36.5 Å². The summed E-state index contributed by atoms with van der Waals surface area (Å²) >= 11 is 0. The number of H-pyrrole nitrogens is 1. The fraction of sp³-hybridized carbons (Fsp3) is 0.188. The van der Waals surface area contributed by atoms with Gasteiger partial charge in [-0.1, -0.05) is 12.1 Å². The lowest BCUT2D eigenvalue weighted by Gasteiger charge is -2.06. The predicted molar refractivity (Wildman–Crippen MR) is 76.3 cm³/mol. The lowest BCUT2D eigenvalue weighted by molar-refractivity contribution is 0.297. The molecule has 3 aromatic rings. The lowest BCUT2D eigenvalue weighted by Crippen LogP contribution is -1.98. The third kappa shape index (κ3) is 2.25. The van der Waals surface area contributed by atoms with Crippen molar-refractivity contribution in [1.82, 2.24) is 9.97 Å². The Morgan fingerprint density at radius 3 is 2.65 bits per heavy atom. The van der Waals surface area contributed by atoms with E-state index in [0.29, 0.717) is 12.5 Å². The van der Waals surface area contributed by atoms with E-state index in [1.807, 2.05) is 13.0 Å². The molecule has 1 N–H and O–H groups in total. The summed E-state index contributed by atoms with van der Waals surface area (Å²) < 4.78 is 18.6. The fourth-order valence-corrected chi connectivity index (χ4v) is 2.20. The third-order valence-corrected chi connectivity index (χ3v) is 3.48. The minimum atomic E-state index is -0.246. The van der Waals surface area contributed by atoms with Crippen LogP contribution in [-0.4, -0.2) is 9.97 Å². The van der Waals surface area contributed by atoms with Crippen molar-refractivity contribution >= 4 is 10.9 Å². The Hall–Kier alpha value is -2.36. The predicted octanol–water partition coefficient (Wildman–Crippen LogP) is 3.90. The molecule has 0 aliphatic carbocycles. The number of nitrogens with one attached hydrogen (secondary N) is 1. The molecule has 2 heterocycles. The number of hydrogen-bond donors (Lipinski definition) is 1. The number of nitrogens with zero attached hydrogens (tertiary/aromatic N) is 1. The molecule has 102 valence electrons. The molecule has 0 fully saturated rings. The number of rotatable bonds is 3. The molecular weight excluding hydrogens is 255 g/mol. The molecule has 0 aliphatic rings. The Morgan fingerprint density at radius 2 is 1.90 bits per heavy atom. The van der Waals surface area contributed by atoms with Crippen LogP contribution in [0.2, 0.25) is 0 Å². The van der Waals surface area contributed by atoms with E-state index in [1.165, 1.54) is 17.7 Å². The van der Waals surface area contributed by atoms with E-state index in [9.17, 15) is 4.39 Å². The zero-order valence-corrected chi connectivity index (χ0v) is 11.4. The highest BCUT2D eigenvalue weighted by Crippen LogP contribution is 2.27. The number of halogens is 1. The Bertz CT molecular complexity index is 747. The van der Waals surface area contributed by atoms with Crippen LogP contribution in [-0.2, 0) is 6.61 Å². The van der Waals surface area contributed by atoms with Gasteiger partial charge in [0.25, 0.3) is 0 Å². The summed E-state index contributed by atoms with van der Waals surface area (Å²) in [5, 5.41) is 1.12. The molecule has 0 unspecified atom stereocenters. The van der Waals surface area contributed by atoms with E-state index in [0.717, 1.165) is 22.2 Å². The number of fused-ring (bicyclic) bond motifs is 1. The molecule has 0 saturated carbocycles. The average Bonchev–Trinajstić information content (AvgIpc) is 2.75. The summed E-state index contributed by atoms with van der Waals surface area (Å²) in [6.45, 7) is 4.46. The second kappa shape index (κ2) is 4.96. The highest BCUT2D eigenvalue weighted by molar-refractivity contribution is 5.87. The third-order valence-electron chi connectivity index (χ3n) is 3.48. The molecule has 0 saturated heterocycles.